The second-order valence-corrected chi connectivity index (χ2v) is 6.69. The van der Waals surface area contributed by atoms with Crippen LogP contribution in [0.4, 0.5) is 0 Å². The molecule has 2 heterocycles. The highest BCUT2D eigenvalue weighted by Crippen LogP contribution is 2.31. The topological polar surface area (TPSA) is 102 Å². The van der Waals surface area contributed by atoms with Crippen LogP contribution in [-0.2, 0) is 4.79 Å². The van der Waals surface area contributed by atoms with Crippen molar-refractivity contribution in [2.45, 2.75) is 19.4 Å². The number of ether oxygens (including phenoxy) is 1. The molecule has 1 aromatic carbocycles. The maximum atomic E-state index is 12.9. The SMILES string of the molecule is COc1ccc(C(=O)NC(CC(=O)O)c2ccccc2Cl)nc1-c1ccoc1C. The minimum atomic E-state index is -1.06. The van der Waals surface area contributed by atoms with Crippen molar-refractivity contribution in [3.05, 3.63) is 70.8 Å². The van der Waals surface area contributed by atoms with Crippen LogP contribution in [0, 0.1) is 6.92 Å². The molecule has 2 N–H and O–H groups in total. The summed E-state index contributed by atoms with van der Waals surface area (Å²) < 4.78 is 10.7. The van der Waals surface area contributed by atoms with Crippen molar-refractivity contribution in [3.63, 3.8) is 0 Å². The lowest BCUT2D eigenvalue weighted by Gasteiger charge is -2.19. The summed E-state index contributed by atoms with van der Waals surface area (Å²) in [5.41, 5.74) is 1.79. The maximum absolute atomic E-state index is 12.9. The molecular weight excluding hydrogens is 396 g/mol. The van der Waals surface area contributed by atoms with Crippen LogP contribution in [0.15, 0.2) is 53.1 Å². The van der Waals surface area contributed by atoms with Crippen LogP contribution >= 0.6 is 11.6 Å². The smallest absolute Gasteiger partial charge is 0.305 e. The maximum Gasteiger partial charge on any atom is 0.305 e. The fourth-order valence-electron chi connectivity index (χ4n) is 2.96. The molecular formula is C21H19ClN2O5. The number of carboxylic acid groups (broad SMARTS) is 1. The monoisotopic (exact) mass is 414 g/mol. The van der Waals surface area contributed by atoms with Crippen molar-refractivity contribution in [1.29, 1.82) is 0 Å². The summed E-state index contributed by atoms with van der Waals surface area (Å²) in [5.74, 6) is -0.471. The fourth-order valence-corrected chi connectivity index (χ4v) is 3.23. The zero-order valence-electron chi connectivity index (χ0n) is 15.8. The van der Waals surface area contributed by atoms with Crippen molar-refractivity contribution in [2.75, 3.05) is 7.11 Å². The molecule has 3 rings (SSSR count). The number of amides is 1. The summed E-state index contributed by atoms with van der Waals surface area (Å²) in [4.78, 5) is 28.6. The summed E-state index contributed by atoms with van der Waals surface area (Å²) >= 11 is 6.19. The number of carboxylic acids is 1. The van der Waals surface area contributed by atoms with Crippen LogP contribution in [0.2, 0.25) is 5.02 Å². The highest BCUT2D eigenvalue weighted by Gasteiger charge is 2.23. The molecule has 0 bridgehead atoms. The number of carbonyl (C=O) groups excluding carboxylic acids is 1. The van der Waals surface area contributed by atoms with Gasteiger partial charge in [-0.3, -0.25) is 9.59 Å². The number of aliphatic carboxylic acids is 1. The number of hydrogen-bond donors (Lipinski definition) is 2. The van der Waals surface area contributed by atoms with Gasteiger partial charge in [0, 0.05) is 10.6 Å². The number of pyridine rings is 1. The fraction of sp³-hybridized carbons (Fsp3) is 0.190. The minimum Gasteiger partial charge on any atom is -0.494 e. The molecule has 3 aromatic rings. The first-order valence-corrected chi connectivity index (χ1v) is 9.15. The van der Waals surface area contributed by atoms with E-state index in [1.165, 1.54) is 19.4 Å². The second kappa shape index (κ2) is 8.79. The third-order valence-corrected chi connectivity index (χ3v) is 4.73. The summed E-state index contributed by atoms with van der Waals surface area (Å²) in [6.45, 7) is 1.78. The first-order valence-electron chi connectivity index (χ1n) is 8.77. The number of halogens is 1. The molecule has 0 aliphatic carbocycles. The van der Waals surface area contributed by atoms with Gasteiger partial charge in [0.2, 0.25) is 0 Å². The number of methoxy groups -OCH3 is 1. The van der Waals surface area contributed by atoms with Gasteiger partial charge in [-0.15, -0.1) is 0 Å². The largest absolute Gasteiger partial charge is 0.494 e. The van der Waals surface area contributed by atoms with E-state index < -0.39 is 17.9 Å². The number of furan rings is 1. The van der Waals surface area contributed by atoms with Gasteiger partial charge in [0.05, 0.1) is 25.8 Å². The Kier molecular flexibility index (Phi) is 6.19. The average Bonchev–Trinajstić information content (AvgIpc) is 3.12. The van der Waals surface area contributed by atoms with Crippen molar-refractivity contribution in [1.82, 2.24) is 10.3 Å². The minimum absolute atomic E-state index is 0.115. The zero-order chi connectivity index (χ0) is 21.0. The lowest BCUT2D eigenvalue weighted by Crippen LogP contribution is -2.31. The summed E-state index contributed by atoms with van der Waals surface area (Å²) in [6, 6.07) is 10.9. The van der Waals surface area contributed by atoms with Crippen LogP contribution in [0.5, 0.6) is 5.75 Å². The predicted octanol–water partition coefficient (Wildman–Crippen LogP) is 4.26. The first-order chi connectivity index (χ1) is 13.9. The van der Waals surface area contributed by atoms with E-state index in [-0.39, 0.29) is 12.1 Å². The molecule has 1 amide bonds. The van der Waals surface area contributed by atoms with Gasteiger partial charge in [0.1, 0.15) is 22.9 Å². The molecule has 0 radical (unpaired) electrons. The van der Waals surface area contributed by atoms with Crippen LogP contribution in [-0.4, -0.2) is 29.1 Å². The molecule has 7 nitrogen and oxygen atoms in total. The van der Waals surface area contributed by atoms with Gasteiger partial charge < -0.3 is 19.6 Å². The lowest BCUT2D eigenvalue weighted by atomic mass is 10.0. The van der Waals surface area contributed by atoms with E-state index in [1.807, 2.05) is 0 Å². The average molecular weight is 415 g/mol. The van der Waals surface area contributed by atoms with Gasteiger partial charge in [-0.05, 0) is 36.8 Å². The Morgan fingerprint density at radius 3 is 2.62 bits per heavy atom. The standard InChI is InChI=1S/C21H19ClN2O5/c1-12-13(9-10-29-12)20-18(28-2)8-7-16(23-20)21(27)24-17(11-19(25)26)14-5-3-4-6-15(14)22/h3-10,17H,11H2,1-2H3,(H,24,27)(H,25,26). The molecule has 150 valence electrons. The second-order valence-electron chi connectivity index (χ2n) is 6.28. The number of rotatable bonds is 7. The molecule has 0 saturated heterocycles. The summed E-state index contributed by atoms with van der Waals surface area (Å²) in [7, 11) is 1.51. The Morgan fingerprint density at radius 1 is 1.24 bits per heavy atom. The van der Waals surface area contributed by atoms with Crippen molar-refractivity contribution in [3.8, 4) is 17.0 Å². The van der Waals surface area contributed by atoms with E-state index in [9.17, 15) is 14.7 Å². The number of carbonyl (C=O) groups is 2. The van der Waals surface area contributed by atoms with E-state index in [1.54, 1.807) is 43.3 Å². The van der Waals surface area contributed by atoms with Crippen LogP contribution < -0.4 is 10.1 Å². The zero-order valence-corrected chi connectivity index (χ0v) is 16.6. The van der Waals surface area contributed by atoms with Gasteiger partial charge in [-0.2, -0.15) is 0 Å². The Morgan fingerprint density at radius 2 is 2.00 bits per heavy atom. The van der Waals surface area contributed by atoms with E-state index in [0.29, 0.717) is 33.4 Å². The highest BCUT2D eigenvalue weighted by atomic mass is 35.5. The molecule has 8 heteroatoms. The van der Waals surface area contributed by atoms with Crippen LogP contribution in [0.1, 0.15) is 34.3 Å². The quantitative estimate of drug-likeness (QED) is 0.599. The number of hydrogen-bond acceptors (Lipinski definition) is 5. The number of nitrogens with one attached hydrogen (secondary N) is 1. The van der Waals surface area contributed by atoms with Crippen molar-refractivity contribution in [2.24, 2.45) is 0 Å². The van der Waals surface area contributed by atoms with Gasteiger partial charge in [-0.1, -0.05) is 29.8 Å². The summed E-state index contributed by atoms with van der Waals surface area (Å²) in [6.07, 6.45) is 1.21. The van der Waals surface area contributed by atoms with E-state index >= 15 is 0 Å². The molecule has 29 heavy (non-hydrogen) atoms. The number of aromatic nitrogens is 1. The molecule has 1 unspecified atom stereocenters. The third kappa shape index (κ3) is 4.57. The summed E-state index contributed by atoms with van der Waals surface area (Å²) in [5, 5.41) is 12.3. The number of nitrogens with zero attached hydrogens (tertiary/aromatic N) is 1. The molecule has 1 atom stereocenters. The number of benzene rings is 1. The Labute approximate surface area is 172 Å². The number of aryl methyl sites for hydroxylation is 1. The van der Waals surface area contributed by atoms with E-state index in [0.717, 1.165) is 0 Å². The molecule has 0 aliphatic heterocycles. The van der Waals surface area contributed by atoms with Crippen molar-refractivity contribution < 1.29 is 23.8 Å². The lowest BCUT2D eigenvalue weighted by molar-refractivity contribution is -0.137. The highest BCUT2D eigenvalue weighted by molar-refractivity contribution is 6.31. The van der Waals surface area contributed by atoms with Gasteiger partial charge in [0.25, 0.3) is 5.91 Å². The van der Waals surface area contributed by atoms with E-state index in [4.69, 9.17) is 20.8 Å². The Balaban J connectivity index is 1.94. The Bertz CT molecular complexity index is 1050. The molecule has 0 saturated carbocycles. The Hall–Kier alpha value is -3.32. The normalized spacial score (nSPS) is 11.7. The van der Waals surface area contributed by atoms with E-state index in [2.05, 4.69) is 10.3 Å². The van der Waals surface area contributed by atoms with Gasteiger partial charge in [-0.25, -0.2) is 4.98 Å². The van der Waals surface area contributed by atoms with Crippen molar-refractivity contribution >= 4 is 23.5 Å². The molecule has 2 aromatic heterocycles. The third-order valence-electron chi connectivity index (χ3n) is 4.39. The van der Waals surface area contributed by atoms with Crippen LogP contribution in [0.25, 0.3) is 11.3 Å². The molecule has 0 spiro atoms. The first kappa shape index (κ1) is 20.4. The molecule has 0 aliphatic rings. The predicted molar refractivity (Wildman–Crippen MR) is 107 cm³/mol. The molecule has 0 fully saturated rings. The van der Waals surface area contributed by atoms with Gasteiger partial charge >= 0.3 is 5.97 Å². The van der Waals surface area contributed by atoms with Crippen LogP contribution in [0.3, 0.4) is 0 Å². The van der Waals surface area contributed by atoms with Gasteiger partial charge in [0.15, 0.2) is 0 Å².